The topological polar surface area (TPSA) is 128 Å². The first-order chi connectivity index (χ1) is 13.7. The summed E-state index contributed by atoms with van der Waals surface area (Å²) in [4.78, 5) is 10.8. The van der Waals surface area contributed by atoms with Gasteiger partial charge in [-0.3, -0.25) is 4.79 Å². The summed E-state index contributed by atoms with van der Waals surface area (Å²) < 4.78 is 38.2. The maximum absolute atomic E-state index is 12.6. The van der Waals surface area contributed by atoms with Crippen molar-refractivity contribution in [3.8, 4) is 11.5 Å². The Morgan fingerprint density at radius 2 is 1.90 bits per heavy atom. The Balaban J connectivity index is 1.73. The first-order valence-corrected chi connectivity index (χ1v) is 10.6. The van der Waals surface area contributed by atoms with E-state index in [9.17, 15) is 18.3 Å². The minimum atomic E-state index is -3.84. The monoisotopic (exact) mass is 420 g/mol. The number of aliphatic hydroxyl groups is 1. The molecule has 1 aliphatic rings. The second-order valence-electron chi connectivity index (χ2n) is 6.96. The molecule has 9 heteroatoms. The van der Waals surface area contributed by atoms with Crippen LogP contribution in [0.15, 0.2) is 47.4 Å². The Morgan fingerprint density at radius 1 is 1.21 bits per heavy atom. The van der Waals surface area contributed by atoms with Gasteiger partial charge in [-0.15, -0.1) is 0 Å². The largest absolute Gasteiger partial charge is 0.497 e. The molecule has 0 spiro atoms. The zero-order valence-electron chi connectivity index (χ0n) is 16.1. The summed E-state index contributed by atoms with van der Waals surface area (Å²) in [6.07, 6.45) is 1.99. The van der Waals surface area contributed by atoms with Crippen LogP contribution in [0.3, 0.4) is 0 Å². The number of aryl methyl sites for hydroxylation is 1. The van der Waals surface area contributed by atoms with Crippen molar-refractivity contribution in [2.75, 3.05) is 20.3 Å². The van der Waals surface area contributed by atoms with Crippen LogP contribution in [-0.4, -0.2) is 39.7 Å². The van der Waals surface area contributed by atoms with Crippen LogP contribution in [0.2, 0.25) is 0 Å². The van der Waals surface area contributed by atoms with E-state index in [0.717, 1.165) is 18.4 Å². The fourth-order valence-corrected chi connectivity index (χ4v) is 4.50. The summed E-state index contributed by atoms with van der Waals surface area (Å²) in [6.45, 7) is -0.434. The molecule has 0 saturated heterocycles. The van der Waals surface area contributed by atoms with Gasteiger partial charge in [-0.2, -0.15) is 0 Å². The number of ether oxygens (including phenoxy) is 2. The minimum absolute atomic E-state index is 0.0262. The summed E-state index contributed by atoms with van der Waals surface area (Å²) in [5, 5.41) is 11.1. The first-order valence-electron chi connectivity index (χ1n) is 9.14. The number of fused-ring (bicyclic) bond motifs is 1. The molecule has 0 saturated carbocycles. The van der Waals surface area contributed by atoms with E-state index < -0.39 is 21.5 Å². The number of nitrogens with two attached hydrogens (primary N) is 1. The average molecular weight is 420 g/mol. The average Bonchev–Trinajstić information content (AvgIpc) is 2.71. The highest BCUT2D eigenvalue weighted by Gasteiger charge is 2.35. The summed E-state index contributed by atoms with van der Waals surface area (Å²) in [5.74, 6) is 0.408. The van der Waals surface area contributed by atoms with Gasteiger partial charge in [0.15, 0.2) is 6.61 Å². The van der Waals surface area contributed by atoms with Gasteiger partial charge in [-0.1, -0.05) is 6.07 Å². The van der Waals surface area contributed by atoms with Gasteiger partial charge in [-0.25, -0.2) is 13.1 Å². The van der Waals surface area contributed by atoms with Crippen molar-refractivity contribution in [3.63, 3.8) is 0 Å². The number of benzene rings is 2. The van der Waals surface area contributed by atoms with Crippen LogP contribution >= 0.6 is 0 Å². The molecule has 2 aromatic carbocycles. The molecule has 0 fully saturated rings. The summed E-state index contributed by atoms with van der Waals surface area (Å²) in [5.41, 5.74) is 5.38. The molecule has 1 atom stereocenters. The lowest BCUT2D eigenvalue weighted by Gasteiger charge is -2.34. The van der Waals surface area contributed by atoms with Gasteiger partial charge in [0.2, 0.25) is 10.0 Å². The van der Waals surface area contributed by atoms with Gasteiger partial charge >= 0.3 is 0 Å². The minimum Gasteiger partial charge on any atom is -0.497 e. The van der Waals surface area contributed by atoms with Gasteiger partial charge in [0.25, 0.3) is 5.91 Å². The number of nitrogens with one attached hydrogen (secondary N) is 1. The van der Waals surface area contributed by atoms with E-state index in [1.165, 1.54) is 24.3 Å². The van der Waals surface area contributed by atoms with Crippen molar-refractivity contribution >= 4 is 15.9 Å². The molecule has 1 aliphatic carbocycles. The summed E-state index contributed by atoms with van der Waals surface area (Å²) in [7, 11) is -2.26. The van der Waals surface area contributed by atoms with Crippen molar-refractivity contribution in [3.05, 3.63) is 53.6 Å². The smallest absolute Gasteiger partial charge is 0.255 e. The van der Waals surface area contributed by atoms with Crippen LogP contribution in [0.1, 0.15) is 24.0 Å². The summed E-state index contributed by atoms with van der Waals surface area (Å²) >= 11 is 0. The molecule has 3 rings (SSSR count). The highest BCUT2D eigenvalue weighted by Crippen LogP contribution is 2.37. The lowest BCUT2D eigenvalue weighted by molar-refractivity contribution is -0.119. The van der Waals surface area contributed by atoms with Crippen molar-refractivity contribution in [1.29, 1.82) is 0 Å². The maximum Gasteiger partial charge on any atom is 0.255 e. The van der Waals surface area contributed by atoms with Crippen LogP contribution in [0.5, 0.6) is 11.5 Å². The van der Waals surface area contributed by atoms with Gasteiger partial charge in [0.1, 0.15) is 17.1 Å². The number of hydrogen-bond donors (Lipinski definition) is 3. The fourth-order valence-electron chi connectivity index (χ4n) is 3.41. The van der Waals surface area contributed by atoms with E-state index in [4.69, 9.17) is 15.2 Å². The third-order valence-electron chi connectivity index (χ3n) is 4.92. The molecule has 0 radical (unpaired) electrons. The lowest BCUT2D eigenvalue weighted by Crippen LogP contribution is -2.42. The number of sulfonamides is 1. The van der Waals surface area contributed by atoms with E-state index in [1.807, 2.05) is 6.07 Å². The third kappa shape index (κ3) is 4.87. The Bertz CT molecular complexity index is 991. The van der Waals surface area contributed by atoms with E-state index in [-0.39, 0.29) is 18.0 Å². The zero-order valence-corrected chi connectivity index (χ0v) is 16.9. The molecular weight excluding hydrogens is 396 g/mol. The highest BCUT2D eigenvalue weighted by molar-refractivity contribution is 7.89. The van der Waals surface area contributed by atoms with Crippen molar-refractivity contribution in [2.24, 2.45) is 5.73 Å². The second kappa shape index (κ2) is 8.40. The Kier molecular flexibility index (Phi) is 6.11. The zero-order chi connectivity index (χ0) is 21.1. The Hall–Kier alpha value is -2.62. The lowest BCUT2D eigenvalue weighted by atomic mass is 9.79. The Morgan fingerprint density at radius 3 is 2.55 bits per heavy atom. The number of primary amides is 1. The van der Waals surface area contributed by atoms with Gasteiger partial charge in [0.05, 0.1) is 12.0 Å². The molecule has 2 aromatic rings. The van der Waals surface area contributed by atoms with Crippen molar-refractivity contribution in [2.45, 2.75) is 29.8 Å². The number of amides is 1. The first kappa shape index (κ1) is 21.1. The predicted molar refractivity (Wildman–Crippen MR) is 106 cm³/mol. The number of carbonyl (C=O) groups excluding carboxylic acids is 1. The van der Waals surface area contributed by atoms with Crippen molar-refractivity contribution in [1.82, 2.24) is 4.72 Å². The fraction of sp³-hybridized carbons (Fsp3) is 0.350. The van der Waals surface area contributed by atoms with E-state index in [1.54, 1.807) is 19.2 Å². The van der Waals surface area contributed by atoms with Crippen LogP contribution in [0, 0.1) is 0 Å². The van der Waals surface area contributed by atoms with Gasteiger partial charge in [-0.05, 0) is 66.8 Å². The van der Waals surface area contributed by atoms with Crippen LogP contribution in [-0.2, 0) is 26.8 Å². The molecule has 0 aliphatic heterocycles. The SMILES string of the molecule is COc1ccc2c(c1)CCC[C@]2(O)CNS(=O)(=O)c1ccc(OCC(N)=O)cc1. The second-order valence-corrected chi connectivity index (χ2v) is 8.73. The number of rotatable bonds is 8. The standard InChI is InChI=1S/C20H24N2O6S/c1-27-16-6-9-18-14(11-16)3-2-10-20(18,24)13-22-29(25,26)17-7-4-15(5-8-17)28-12-19(21)23/h4-9,11,22,24H,2-3,10,12-13H2,1H3,(H2,21,23)/t20-/m0/s1. The molecule has 0 bridgehead atoms. The molecule has 0 aromatic heterocycles. The van der Waals surface area contributed by atoms with Crippen LogP contribution in [0.4, 0.5) is 0 Å². The molecule has 8 nitrogen and oxygen atoms in total. The van der Waals surface area contributed by atoms with E-state index >= 15 is 0 Å². The summed E-state index contributed by atoms with van der Waals surface area (Å²) in [6, 6.07) is 11.0. The van der Waals surface area contributed by atoms with Crippen molar-refractivity contribution < 1.29 is 27.8 Å². The van der Waals surface area contributed by atoms with Gasteiger partial charge < -0.3 is 20.3 Å². The third-order valence-corrected chi connectivity index (χ3v) is 6.34. The molecule has 29 heavy (non-hydrogen) atoms. The normalized spacial score (nSPS) is 18.7. The number of methoxy groups -OCH3 is 1. The molecule has 4 N–H and O–H groups in total. The number of carbonyl (C=O) groups is 1. The molecule has 1 amide bonds. The van der Waals surface area contributed by atoms with E-state index in [2.05, 4.69) is 4.72 Å². The number of hydrogen-bond acceptors (Lipinski definition) is 6. The highest BCUT2D eigenvalue weighted by atomic mass is 32.2. The van der Waals surface area contributed by atoms with Gasteiger partial charge in [0, 0.05) is 6.54 Å². The molecule has 156 valence electrons. The quantitative estimate of drug-likeness (QED) is 0.586. The Labute approximate surface area is 169 Å². The van der Waals surface area contributed by atoms with Crippen LogP contribution in [0.25, 0.3) is 0 Å². The van der Waals surface area contributed by atoms with E-state index in [0.29, 0.717) is 23.5 Å². The maximum atomic E-state index is 12.6. The predicted octanol–water partition coefficient (Wildman–Crippen LogP) is 1.06. The molecule has 0 unspecified atom stereocenters. The van der Waals surface area contributed by atoms with Crippen LogP contribution < -0.4 is 19.9 Å². The molecule has 0 heterocycles. The molecular formula is C20H24N2O6S.